The number of hydrogen-bond acceptors (Lipinski definition) is 4. The Bertz CT molecular complexity index is 608. The van der Waals surface area contributed by atoms with Crippen molar-refractivity contribution in [1.29, 1.82) is 0 Å². The molecule has 3 N–H and O–H groups in total. The van der Waals surface area contributed by atoms with Crippen molar-refractivity contribution in [3.05, 3.63) is 23.9 Å². The first-order valence-electron chi connectivity index (χ1n) is 7.97. The van der Waals surface area contributed by atoms with Crippen molar-refractivity contribution in [1.82, 2.24) is 5.32 Å². The number of carbonyl (C=O) groups excluding carboxylic acids is 2. The van der Waals surface area contributed by atoms with Crippen molar-refractivity contribution in [2.45, 2.75) is 51.9 Å². The summed E-state index contributed by atoms with van der Waals surface area (Å²) < 4.78 is 46.1. The molecule has 25 heavy (non-hydrogen) atoms. The maximum Gasteiger partial charge on any atom is 0.464 e. The van der Waals surface area contributed by atoms with Crippen LogP contribution in [0, 0.1) is 6.92 Å². The highest BCUT2D eigenvalue weighted by atomic mass is 19.4. The van der Waals surface area contributed by atoms with E-state index in [4.69, 9.17) is 0 Å². The van der Waals surface area contributed by atoms with E-state index in [2.05, 4.69) is 15.0 Å². The molecule has 1 amide bonds. The number of esters is 1. The van der Waals surface area contributed by atoms with Crippen molar-refractivity contribution in [2.75, 3.05) is 11.9 Å². The van der Waals surface area contributed by atoms with Gasteiger partial charge >= 0.3 is 17.8 Å². The standard InChI is InChI=1S/C16H22F3N3O3/c1-4-6-7-13(23)22-15(16(17,18)19,14(24)25-5-2)21-12-10-11(3)8-9-20-12/h8-10H,4-7H2,1-3H3,(H,20,21)(H,22,23)/p+1/t15-/m1/s1. The van der Waals surface area contributed by atoms with Gasteiger partial charge in [0.15, 0.2) is 0 Å². The molecule has 6 nitrogen and oxygen atoms in total. The summed E-state index contributed by atoms with van der Waals surface area (Å²) in [6.45, 7) is 4.60. The number of amides is 1. The Kier molecular flexibility index (Phi) is 7.20. The molecule has 0 aromatic carbocycles. The van der Waals surface area contributed by atoms with Crippen molar-refractivity contribution >= 4 is 17.7 Å². The van der Waals surface area contributed by atoms with Crippen LogP contribution >= 0.6 is 0 Å². The third-order valence-corrected chi connectivity index (χ3v) is 3.37. The summed E-state index contributed by atoms with van der Waals surface area (Å²) in [7, 11) is 0. The molecule has 1 aromatic rings. The SMILES string of the molecule is CCCCC(=O)N[C@](Nc1cc(C)cc[nH+]1)(C(=O)OCC)C(F)(F)F. The van der Waals surface area contributed by atoms with Crippen LogP contribution in [0.5, 0.6) is 0 Å². The minimum Gasteiger partial charge on any atom is -0.461 e. The smallest absolute Gasteiger partial charge is 0.461 e. The van der Waals surface area contributed by atoms with Crippen molar-refractivity contribution in [3.8, 4) is 0 Å². The first-order valence-corrected chi connectivity index (χ1v) is 7.97. The van der Waals surface area contributed by atoms with Crippen LogP contribution in [0.4, 0.5) is 19.0 Å². The first-order chi connectivity index (χ1) is 11.7. The van der Waals surface area contributed by atoms with Gasteiger partial charge in [-0.25, -0.2) is 15.1 Å². The van der Waals surface area contributed by atoms with Gasteiger partial charge in [0, 0.05) is 12.5 Å². The highest BCUT2D eigenvalue weighted by Gasteiger charge is 2.67. The fourth-order valence-electron chi connectivity index (χ4n) is 2.09. The number of aromatic nitrogens is 1. The summed E-state index contributed by atoms with van der Waals surface area (Å²) in [5, 5.41) is 3.87. The number of aryl methyl sites for hydroxylation is 1. The topological polar surface area (TPSA) is 81.6 Å². The van der Waals surface area contributed by atoms with Gasteiger partial charge in [0.05, 0.1) is 12.8 Å². The van der Waals surface area contributed by atoms with Crippen LogP contribution in [-0.4, -0.2) is 30.3 Å². The molecule has 1 rings (SSSR count). The van der Waals surface area contributed by atoms with Gasteiger partial charge in [-0.3, -0.25) is 10.1 Å². The van der Waals surface area contributed by atoms with Crippen LogP contribution in [0.3, 0.4) is 0 Å². The molecule has 0 aliphatic rings. The lowest BCUT2D eigenvalue weighted by Gasteiger charge is -2.30. The molecule has 0 saturated heterocycles. The Morgan fingerprint density at radius 2 is 1.96 bits per heavy atom. The Labute approximate surface area is 144 Å². The van der Waals surface area contributed by atoms with Crippen molar-refractivity contribution in [2.24, 2.45) is 0 Å². The lowest BCUT2D eigenvalue weighted by atomic mass is 10.1. The molecule has 0 unspecified atom stereocenters. The van der Waals surface area contributed by atoms with Crippen LogP contribution < -0.4 is 15.6 Å². The Hall–Kier alpha value is -2.32. The molecule has 0 aliphatic heterocycles. The van der Waals surface area contributed by atoms with Crippen LogP contribution in [0.1, 0.15) is 38.7 Å². The number of aromatic amines is 1. The highest BCUT2D eigenvalue weighted by molar-refractivity contribution is 5.91. The zero-order valence-corrected chi connectivity index (χ0v) is 14.4. The largest absolute Gasteiger partial charge is 0.464 e. The summed E-state index contributed by atoms with van der Waals surface area (Å²) in [5.41, 5.74) is -2.71. The van der Waals surface area contributed by atoms with Gasteiger partial charge in [0.1, 0.15) is 0 Å². The minimum absolute atomic E-state index is 0.0823. The Balaban J connectivity index is 3.29. The van der Waals surface area contributed by atoms with E-state index in [1.165, 1.54) is 19.2 Å². The van der Waals surface area contributed by atoms with Gasteiger partial charge in [-0.1, -0.05) is 13.3 Å². The molecule has 0 spiro atoms. The zero-order valence-electron chi connectivity index (χ0n) is 14.4. The van der Waals surface area contributed by atoms with Crippen LogP contribution in [-0.2, 0) is 14.3 Å². The maximum atomic E-state index is 13.8. The number of halogens is 3. The second-order valence-electron chi connectivity index (χ2n) is 5.52. The molecule has 0 radical (unpaired) electrons. The van der Waals surface area contributed by atoms with Gasteiger partial charge in [0.2, 0.25) is 5.91 Å². The van der Waals surface area contributed by atoms with E-state index in [1.807, 2.05) is 0 Å². The molecule has 0 bridgehead atoms. The summed E-state index contributed by atoms with van der Waals surface area (Å²) in [5.74, 6) is -2.60. The zero-order chi connectivity index (χ0) is 19.1. The molecule has 140 valence electrons. The summed E-state index contributed by atoms with van der Waals surface area (Å²) in [6, 6.07) is 3.03. The highest BCUT2D eigenvalue weighted by Crippen LogP contribution is 2.32. The van der Waals surface area contributed by atoms with E-state index in [-0.39, 0.29) is 18.8 Å². The third kappa shape index (κ3) is 5.33. The molecular weight excluding hydrogens is 339 g/mol. The summed E-state index contributed by atoms with van der Waals surface area (Å²) in [4.78, 5) is 26.7. The number of hydrogen-bond donors (Lipinski definition) is 2. The van der Waals surface area contributed by atoms with Gasteiger partial charge in [-0.2, -0.15) is 13.2 Å². The lowest BCUT2D eigenvalue weighted by Crippen LogP contribution is -2.69. The molecule has 0 fully saturated rings. The fourth-order valence-corrected chi connectivity index (χ4v) is 2.09. The predicted molar refractivity (Wildman–Crippen MR) is 84.4 cm³/mol. The second-order valence-corrected chi connectivity index (χ2v) is 5.52. The normalized spacial score (nSPS) is 13.7. The van der Waals surface area contributed by atoms with Gasteiger partial charge in [0.25, 0.3) is 5.82 Å². The number of pyridine rings is 1. The van der Waals surface area contributed by atoms with Crippen molar-refractivity contribution in [3.63, 3.8) is 0 Å². The van der Waals surface area contributed by atoms with Crippen LogP contribution in [0.15, 0.2) is 18.3 Å². The number of anilines is 1. The van der Waals surface area contributed by atoms with E-state index in [0.29, 0.717) is 18.4 Å². The maximum absolute atomic E-state index is 13.8. The quantitative estimate of drug-likeness (QED) is 0.549. The third-order valence-electron chi connectivity index (χ3n) is 3.37. The Morgan fingerprint density at radius 3 is 2.48 bits per heavy atom. The summed E-state index contributed by atoms with van der Waals surface area (Å²) >= 11 is 0. The van der Waals surface area contributed by atoms with Crippen molar-refractivity contribution < 1.29 is 32.5 Å². The van der Waals surface area contributed by atoms with Gasteiger partial charge in [-0.15, -0.1) is 0 Å². The number of unbranched alkanes of at least 4 members (excludes halogenated alkanes) is 1. The second kappa shape index (κ2) is 8.68. The number of ether oxygens (including phenoxy) is 1. The number of carbonyl (C=O) groups is 2. The molecule has 9 heteroatoms. The summed E-state index contributed by atoms with van der Waals surface area (Å²) in [6.07, 6.45) is -2.81. The lowest BCUT2D eigenvalue weighted by molar-refractivity contribution is -0.363. The van der Waals surface area contributed by atoms with E-state index >= 15 is 0 Å². The molecule has 1 heterocycles. The number of alkyl halides is 3. The number of rotatable bonds is 8. The molecule has 0 saturated carbocycles. The van der Waals surface area contributed by atoms with Gasteiger partial charge < -0.3 is 4.74 Å². The average molecular weight is 362 g/mol. The number of H-pyrrole nitrogens is 1. The molecule has 1 atom stereocenters. The van der Waals surface area contributed by atoms with E-state index < -0.39 is 23.7 Å². The van der Waals surface area contributed by atoms with Gasteiger partial charge in [-0.05, 0) is 31.9 Å². The Morgan fingerprint density at radius 1 is 1.28 bits per heavy atom. The average Bonchev–Trinajstić information content (AvgIpc) is 2.51. The molecule has 0 aliphatic carbocycles. The first kappa shape index (κ1) is 20.7. The van der Waals surface area contributed by atoms with E-state index in [9.17, 15) is 22.8 Å². The van der Waals surface area contributed by atoms with E-state index in [1.54, 1.807) is 25.2 Å². The molecular formula is C16H23F3N3O3+. The number of nitrogens with one attached hydrogen (secondary N) is 3. The van der Waals surface area contributed by atoms with Crippen LogP contribution in [0.2, 0.25) is 0 Å². The minimum atomic E-state index is -5.13. The van der Waals surface area contributed by atoms with Crippen LogP contribution in [0.25, 0.3) is 0 Å². The monoisotopic (exact) mass is 362 g/mol. The van der Waals surface area contributed by atoms with E-state index in [0.717, 1.165) is 0 Å². The molecule has 1 aromatic heterocycles. The fraction of sp³-hybridized carbons (Fsp3) is 0.562. The predicted octanol–water partition coefficient (Wildman–Crippen LogP) is 2.35.